The largest absolute Gasteiger partial charge is 0.229 e. The first-order valence-corrected chi connectivity index (χ1v) is 19.9. The third kappa shape index (κ3) is 3.43. The van der Waals surface area contributed by atoms with Gasteiger partial charge < -0.3 is 0 Å². The average Bonchev–Trinajstić information content (AvgIpc) is 2.19. The van der Waals surface area contributed by atoms with E-state index in [1.807, 2.05) is 0 Å². The fraction of sp³-hybridized carbons (Fsp3) is 1.00. The van der Waals surface area contributed by atoms with Crippen molar-refractivity contribution in [3.63, 3.8) is 0 Å². The van der Waals surface area contributed by atoms with Gasteiger partial charge in [-0.3, -0.25) is 0 Å². The van der Waals surface area contributed by atoms with Crippen molar-refractivity contribution >= 4 is 43.1 Å². The molecule has 0 rings (SSSR count). The van der Waals surface area contributed by atoms with Crippen LogP contribution in [0.1, 0.15) is 83.1 Å². The van der Waals surface area contributed by atoms with Gasteiger partial charge in [0.15, 0.2) is 0 Å². The van der Waals surface area contributed by atoms with Crippen molar-refractivity contribution in [3.8, 4) is 0 Å². The number of rotatable bonds is 2. The van der Waals surface area contributed by atoms with Crippen LogP contribution in [0.25, 0.3) is 0 Å². The van der Waals surface area contributed by atoms with Gasteiger partial charge in [-0.15, -0.1) is 0 Å². The Morgan fingerprint density at radius 1 is 0.435 bits per heavy atom. The van der Waals surface area contributed by atoms with E-state index in [4.69, 9.17) is 22.2 Å². The minimum atomic E-state index is -2.53. The van der Waals surface area contributed by atoms with Gasteiger partial charge >= 0.3 is 0 Å². The molecule has 0 aliphatic rings. The standard InChI is InChI=1S/C18H42Cl2Si3/c1-15(2,3)21(13,16(4,5)6)23(19,20)22(14,17(7,8)9)18(10,11)12/h1-14H3. The molecule has 0 radical (unpaired) electrons. The van der Waals surface area contributed by atoms with Crippen LogP contribution in [-0.2, 0) is 0 Å². The number of hydrogen-bond donors (Lipinski definition) is 0. The van der Waals surface area contributed by atoms with Crippen molar-refractivity contribution in [1.29, 1.82) is 0 Å². The molecule has 0 N–H and O–H groups in total. The fourth-order valence-corrected chi connectivity index (χ4v) is 71.1. The second-order valence-corrected chi connectivity index (χ2v) is 43.3. The highest BCUT2D eigenvalue weighted by Crippen LogP contribution is 2.66. The van der Waals surface area contributed by atoms with Crippen LogP contribution in [-0.4, -0.2) is 20.9 Å². The van der Waals surface area contributed by atoms with Crippen LogP contribution < -0.4 is 0 Å². The minimum Gasteiger partial charge on any atom is -0.153 e. The molecule has 0 aliphatic carbocycles. The maximum Gasteiger partial charge on any atom is 0.229 e. The Morgan fingerprint density at radius 2 is 0.565 bits per heavy atom. The predicted octanol–water partition coefficient (Wildman–Crippen LogP) is 8.42. The molecule has 0 aliphatic heterocycles. The Hall–Kier alpha value is 1.23. The maximum atomic E-state index is 7.72. The Kier molecular flexibility index (Phi) is 6.47. The van der Waals surface area contributed by atoms with Gasteiger partial charge in [0.2, 0.25) is 5.73 Å². The molecule has 0 aromatic rings. The van der Waals surface area contributed by atoms with Gasteiger partial charge in [0, 0.05) is 0 Å². The molecule has 140 valence electrons. The van der Waals surface area contributed by atoms with Gasteiger partial charge in [0.05, 0.1) is 15.2 Å². The molecule has 0 atom stereocenters. The lowest BCUT2D eigenvalue weighted by molar-refractivity contribution is 0.626. The molecule has 0 spiro atoms. The summed E-state index contributed by atoms with van der Waals surface area (Å²) in [5.74, 6) is 0. The maximum absolute atomic E-state index is 7.72. The van der Waals surface area contributed by atoms with Crippen molar-refractivity contribution in [2.24, 2.45) is 0 Å². The monoisotopic (exact) mass is 412 g/mol. The highest BCUT2D eigenvalue weighted by atomic mass is 35.7. The zero-order valence-corrected chi connectivity index (χ0v) is 22.8. The lowest BCUT2D eigenvalue weighted by atomic mass is 10.2. The third-order valence-electron chi connectivity index (χ3n) is 7.26. The second-order valence-electron chi connectivity index (χ2n) is 11.8. The summed E-state index contributed by atoms with van der Waals surface area (Å²) in [6, 6.07) is 0. The number of halogens is 2. The molecule has 0 fully saturated rings. The van der Waals surface area contributed by atoms with Gasteiger partial charge in [-0.1, -0.05) is 96.2 Å². The molecule has 0 aromatic heterocycles. The molecular weight excluding hydrogens is 371 g/mol. The topological polar surface area (TPSA) is 0 Å². The van der Waals surface area contributed by atoms with E-state index in [1.54, 1.807) is 0 Å². The van der Waals surface area contributed by atoms with Crippen molar-refractivity contribution in [2.75, 3.05) is 0 Å². The van der Waals surface area contributed by atoms with E-state index in [2.05, 4.69) is 96.2 Å². The van der Waals surface area contributed by atoms with E-state index in [1.165, 1.54) is 0 Å². The summed E-state index contributed by atoms with van der Waals surface area (Å²) in [6.45, 7) is 33.7. The Morgan fingerprint density at radius 3 is 0.652 bits per heavy atom. The SMILES string of the molecule is CC(C)(C)[Si](C)(C(C)(C)C)[Si](Cl)(Cl)[Si](C)(C(C)(C)C)C(C)(C)C. The molecule has 0 heterocycles. The average molecular weight is 414 g/mol. The van der Waals surface area contributed by atoms with Crippen LogP contribution in [0.2, 0.25) is 33.2 Å². The normalized spacial score (nSPS) is 16.7. The summed E-state index contributed by atoms with van der Waals surface area (Å²) in [5.41, 5.74) is -2.53. The van der Waals surface area contributed by atoms with Crippen LogP contribution in [0.15, 0.2) is 0 Å². The molecule has 0 amide bonds. The van der Waals surface area contributed by atoms with E-state index < -0.39 is 20.9 Å². The first kappa shape index (κ1) is 24.2. The third-order valence-corrected chi connectivity index (χ3v) is 60.9. The Labute approximate surface area is 159 Å². The van der Waals surface area contributed by atoms with Crippen molar-refractivity contribution < 1.29 is 0 Å². The van der Waals surface area contributed by atoms with Crippen LogP contribution in [0.4, 0.5) is 0 Å². The molecule has 0 aromatic carbocycles. The highest BCUT2D eigenvalue weighted by molar-refractivity contribution is 7.96. The molecular formula is C18H42Cl2Si3. The van der Waals surface area contributed by atoms with Crippen molar-refractivity contribution in [3.05, 3.63) is 0 Å². The quantitative estimate of drug-likeness (QED) is 0.315. The molecule has 23 heavy (non-hydrogen) atoms. The van der Waals surface area contributed by atoms with E-state index in [-0.39, 0.29) is 20.2 Å². The van der Waals surface area contributed by atoms with Crippen molar-refractivity contribution in [1.82, 2.24) is 0 Å². The number of hydrogen-bond acceptors (Lipinski definition) is 0. The summed E-state index contributed by atoms with van der Waals surface area (Å²) >= 11 is 15.4. The summed E-state index contributed by atoms with van der Waals surface area (Å²) in [4.78, 5) is 0. The molecule has 0 nitrogen and oxygen atoms in total. The molecule has 0 bridgehead atoms. The summed E-state index contributed by atoms with van der Waals surface area (Å²) < 4.78 is 0. The zero-order chi connectivity index (χ0) is 19.5. The van der Waals surface area contributed by atoms with E-state index >= 15 is 0 Å². The van der Waals surface area contributed by atoms with E-state index in [0.29, 0.717) is 0 Å². The smallest absolute Gasteiger partial charge is 0.153 e. The van der Waals surface area contributed by atoms with Crippen LogP contribution in [0, 0.1) is 0 Å². The predicted molar refractivity (Wildman–Crippen MR) is 120 cm³/mol. The van der Waals surface area contributed by atoms with Gasteiger partial charge in [-0.05, 0) is 20.2 Å². The van der Waals surface area contributed by atoms with E-state index in [0.717, 1.165) is 0 Å². The molecule has 0 unspecified atom stereocenters. The highest BCUT2D eigenvalue weighted by Gasteiger charge is 2.74. The fourth-order valence-electron chi connectivity index (χ4n) is 4.63. The Bertz CT molecular complexity index is 361. The van der Waals surface area contributed by atoms with Crippen LogP contribution >= 0.6 is 22.2 Å². The minimum absolute atomic E-state index is 0.186. The molecule has 0 saturated heterocycles. The van der Waals surface area contributed by atoms with Crippen LogP contribution in [0.3, 0.4) is 0 Å². The molecule has 0 saturated carbocycles. The van der Waals surface area contributed by atoms with Gasteiger partial charge in [0.25, 0.3) is 0 Å². The summed E-state index contributed by atoms with van der Waals surface area (Å²) in [7, 11) is -4.01. The second kappa shape index (κ2) is 6.14. The lowest BCUT2D eigenvalue weighted by Crippen LogP contribution is -2.80. The zero-order valence-electron chi connectivity index (χ0n) is 18.3. The first-order valence-electron chi connectivity index (χ1n) is 8.88. The first-order chi connectivity index (χ1) is 9.50. The van der Waals surface area contributed by atoms with Gasteiger partial charge in [-0.25, -0.2) is 0 Å². The summed E-state index contributed by atoms with van der Waals surface area (Å²) in [5, 5.41) is 0.745. The van der Waals surface area contributed by atoms with Crippen LogP contribution in [0.5, 0.6) is 0 Å². The Balaban J connectivity index is 6.94. The molecule has 5 heteroatoms. The van der Waals surface area contributed by atoms with Crippen molar-refractivity contribution in [2.45, 2.75) is 116 Å². The van der Waals surface area contributed by atoms with E-state index in [9.17, 15) is 0 Å². The van der Waals surface area contributed by atoms with Gasteiger partial charge in [0.1, 0.15) is 0 Å². The summed E-state index contributed by atoms with van der Waals surface area (Å²) in [6.07, 6.45) is 0. The van der Waals surface area contributed by atoms with Gasteiger partial charge in [-0.2, -0.15) is 22.2 Å². The lowest BCUT2D eigenvalue weighted by Gasteiger charge is -2.65.